The van der Waals surface area contributed by atoms with Gasteiger partial charge < -0.3 is 13.6 Å². The van der Waals surface area contributed by atoms with Crippen LogP contribution in [0.2, 0.25) is 36.3 Å². The van der Waals surface area contributed by atoms with Crippen LogP contribution in [0.3, 0.4) is 0 Å². The first-order valence-corrected chi connectivity index (χ1v) is 16.2. The summed E-state index contributed by atoms with van der Waals surface area (Å²) in [5.74, 6) is 2.82. The monoisotopic (exact) mass is 424 g/mol. The van der Waals surface area contributed by atoms with Gasteiger partial charge in [-0.25, -0.2) is 0 Å². The third-order valence-electron chi connectivity index (χ3n) is 6.56. The lowest BCUT2D eigenvalue weighted by atomic mass is 9.89. The van der Waals surface area contributed by atoms with Gasteiger partial charge in [-0.1, -0.05) is 47.6 Å². The molecule has 0 aliphatic heterocycles. The van der Waals surface area contributed by atoms with Crippen molar-refractivity contribution >= 4 is 22.9 Å². The number of terminal acetylenes is 1. The van der Waals surface area contributed by atoms with Crippen LogP contribution >= 0.6 is 0 Å². The molecule has 0 aromatic heterocycles. The van der Waals surface area contributed by atoms with Crippen LogP contribution in [0.15, 0.2) is 12.7 Å². The minimum Gasteiger partial charge on any atom is -0.413 e. The molecule has 0 fully saturated rings. The van der Waals surface area contributed by atoms with E-state index in [1.165, 1.54) is 0 Å². The van der Waals surface area contributed by atoms with Crippen LogP contribution in [0, 0.1) is 18.3 Å². The second kappa shape index (κ2) is 10.4. The summed E-state index contributed by atoms with van der Waals surface area (Å²) in [4.78, 5) is 11.2. The molecule has 0 saturated heterocycles. The first-order valence-electron chi connectivity index (χ1n) is 10.4. The summed E-state index contributed by atoms with van der Waals surface area (Å²) in [7, 11) is -4.03. The number of carbonyl (C=O) groups is 1. The molecular weight excluding hydrogens is 380 g/mol. The molecule has 0 aliphatic carbocycles. The Labute approximate surface area is 176 Å². The van der Waals surface area contributed by atoms with Crippen molar-refractivity contribution in [3.8, 4) is 12.3 Å². The second-order valence-corrected chi connectivity index (χ2v) is 20.3. The third kappa shape index (κ3) is 7.63. The molecule has 3 atom stereocenters. The van der Waals surface area contributed by atoms with Crippen molar-refractivity contribution in [2.24, 2.45) is 5.92 Å². The zero-order valence-electron chi connectivity index (χ0n) is 20.0. The highest BCUT2D eigenvalue weighted by Crippen LogP contribution is 2.42. The summed E-state index contributed by atoms with van der Waals surface area (Å²) >= 11 is 0. The van der Waals surface area contributed by atoms with Crippen LogP contribution in [0.25, 0.3) is 0 Å². The number of carbonyl (C=O) groups excluding carboxylic acids is 1. The topological polar surface area (TPSA) is 35.5 Å². The fourth-order valence-electron chi connectivity index (χ4n) is 2.60. The van der Waals surface area contributed by atoms with Crippen molar-refractivity contribution in [1.29, 1.82) is 0 Å². The summed E-state index contributed by atoms with van der Waals surface area (Å²) in [5.41, 5.74) is 0. The van der Waals surface area contributed by atoms with Crippen LogP contribution in [-0.2, 0) is 13.6 Å². The van der Waals surface area contributed by atoms with Crippen molar-refractivity contribution in [2.75, 3.05) is 0 Å². The summed E-state index contributed by atoms with van der Waals surface area (Å²) in [5, 5.41) is 0.171. The summed E-state index contributed by atoms with van der Waals surface area (Å²) in [6, 6.07) is 0. The highest BCUT2D eigenvalue weighted by atomic mass is 28.4. The lowest BCUT2D eigenvalue weighted by Gasteiger charge is -2.45. The lowest BCUT2D eigenvalue weighted by Crippen LogP contribution is -2.50. The maximum absolute atomic E-state index is 11.2. The van der Waals surface area contributed by atoms with Gasteiger partial charge in [0.15, 0.2) is 16.6 Å². The zero-order chi connectivity index (χ0) is 22.4. The smallest absolute Gasteiger partial charge is 0.192 e. The van der Waals surface area contributed by atoms with Crippen LogP contribution in [0.1, 0.15) is 60.8 Å². The van der Waals surface area contributed by atoms with Gasteiger partial charge in [-0.15, -0.1) is 18.9 Å². The largest absolute Gasteiger partial charge is 0.413 e. The molecule has 0 aliphatic rings. The first-order chi connectivity index (χ1) is 12.5. The number of hydrogen-bond acceptors (Lipinski definition) is 3. The van der Waals surface area contributed by atoms with Gasteiger partial charge in [-0.3, -0.25) is 0 Å². The van der Waals surface area contributed by atoms with Gasteiger partial charge in [0.25, 0.3) is 0 Å². The van der Waals surface area contributed by atoms with Gasteiger partial charge in [-0.05, 0) is 42.7 Å². The molecule has 0 amide bonds. The van der Waals surface area contributed by atoms with Gasteiger partial charge in [-0.2, -0.15) is 0 Å². The summed E-state index contributed by atoms with van der Waals surface area (Å²) in [6.07, 6.45) is 9.93. The molecule has 0 rings (SSSR count). The minimum absolute atomic E-state index is 0.0157. The average molecular weight is 425 g/mol. The Kier molecular flexibility index (Phi) is 10.1. The highest BCUT2D eigenvalue weighted by molar-refractivity contribution is 6.74. The van der Waals surface area contributed by atoms with E-state index >= 15 is 0 Å². The fourth-order valence-corrected chi connectivity index (χ4v) is 5.27. The quantitative estimate of drug-likeness (QED) is 0.163. The Morgan fingerprint density at radius 1 is 1.00 bits per heavy atom. The molecule has 0 unspecified atom stereocenters. The molecule has 0 saturated carbocycles. The predicted octanol–water partition coefficient (Wildman–Crippen LogP) is 6.57. The first kappa shape index (κ1) is 27.3. The molecule has 0 bridgehead atoms. The number of aldehydes is 1. The van der Waals surface area contributed by atoms with Crippen molar-refractivity contribution in [1.82, 2.24) is 0 Å². The van der Waals surface area contributed by atoms with Crippen molar-refractivity contribution < 1.29 is 13.6 Å². The third-order valence-corrected chi connectivity index (χ3v) is 15.5. The van der Waals surface area contributed by atoms with Gasteiger partial charge in [0.05, 0.1) is 12.2 Å². The van der Waals surface area contributed by atoms with Gasteiger partial charge >= 0.3 is 0 Å². The SMILES string of the molecule is C#CC[C@H](O[Si](C)(C)C(C)(C)C)[C@H](CCC=O)[C@@H](C=C)O[Si](C)(C)C(C)(C)C. The minimum atomic E-state index is -2.02. The van der Waals surface area contributed by atoms with Gasteiger partial charge in [0, 0.05) is 18.8 Å². The highest BCUT2D eigenvalue weighted by Gasteiger charge is 2.44. The van der Waals surface area contributed by atoms with Crippen LogP contribution in [-0.4, -0.2) is 35.1 Å². The van der Waals surface area contributed by atoms with Crippen LogP contribution in [0.5, 0.6) is 0 Å². The molecule has 0 radical (unpaired) electrons. The van der Waals surface area contributed by atoms with E-state index in [1.807, 2.05) is 6.08 Å². The Hall–Kier alpha value is -0.676. The van der Waals surface area contributed by atoms with E-state index in [9.17, 15) is 4.79 Å². The molecule has 0 spiro atoms. The Balaban J connectivity index is 5.93. The van der Waals surface area contributed by atoms with E-state index in [2.05, 4.69) is 80.2 Å². The van der Waals surface area contributed by atoms with E-state index in [-0.39, 0.29) is 28.2 Å². The van der Waals surface area contributed by atoms with E-state index < -0.39 is 16.6 Å². The molecule has 3 nitrogen and oxygen atoms in total. The standard InChI is InChI=1S/C23H44O3Si2/c1-13-16-21(26-28(11,12)23(6,7)8)19(17-15-18-24)20(14-2)25-27(9,10)22(3,4)5/h1,14,18-21H,2,15-17H2,3-12H3/t19-,20-,21+/m1/s1. The summed E-state index contributed by atoms with van der Waals surface area (Å²) in [6.45, 7) is 26.4. The maximum atomic E-state index is 11.2. The second-order valence-electron chi connectivity index (χ2n) is 10.8. The molecule has 28 heavy (non-hydrogen) atoms. The van der Waals surface area contributed by atoms with Crippen LogP contribution < -0.4 is 0 Å². The lowest BCUT2D eigenvalue weighted by molar-refractivity contribution is -0.108. The van der Waals surface area contributed by atoms with Crippen molar-refractivity contribution in [3.63, 3.8) is 0 Å². The summed E-state index contributed by atoms with van der Waals surface area (Å²) < 4.78 is 13.5. The Morgan fingerprint density at radius 2 is 1.46 bits per heavy atom. The van der Waals surface area contributed by atoms with Crippen molar-refractivity contribution in [2.45, 2.75) is 109 Å². The maximum Gasteiger partial charge on any atom is 0.192 e. The Bertz CT molecular complexity index is 548. The van der Waals surface area contributed by atoms with Crippen molar-refractivity contribution in [3.05, 3.63) is 12.7 Å². The molecule has 0 aromatic carbocycles. The molecule has 0 N–H and O–H groups in total. The molecule has 0 aromatic rings. The average Bonchev–Trinajstić information content (AvgIpc) is 2.51. The Morgan fingerprint density at radius 3 is 1.82 bits per heavy atom. The predicted molar refractivity (Wildman–Crippen MR) is 127 cm³/mol. The molecule has 162 valence electrons. The fraction of sp³-hybridized carbons (Fsp3) is 0.783. The molecule has 5 heteroatoms. The van der Waals surface area contributed by atoms with Crippen LogP contribution in [0.4, 0.5) is 0 Å². The number of hydrogen-bond donors (Lipinski definition) is 0. The van der Waals surface area contributed by atoms with E-state index in [0.717, 1.165) is 6.29 Å². The van der Waals surface area contributed by atoms with E-state index in [1.54, 1.807) is 0 Å². The normalized spacial score (nSPS) is 16.8. The van der Waals surface area contributed by atoms with Gasteiger partial charge in [0.2, 0.25) is 0 Å². The van der Waals surface area contributed by atoms with E-state index in [4.69, 9.17) is 15.3 Å². The van der Waals surface area contributed by atoms with Gasteiger partial charge in [0.1, 0.15) is 6.29 Å². The van der Waals surface area contributed by atoms with E-state index in [0.29, 0.717) is 19.3 Å². The number of rotatable bonds is 11. The molecule has 0 heterocycles. The zero-order valence-corrected chi connectivity index (χ0v) is 22.0. The molecular formula is C23H44O3Si2.